The van der Waals surface area contributed by atoms with Gasteiger partial charge in [0.15, 0.2) is 0 Å². The molecule has 0 saturated carbocycles. The Morgan fingerprint density at radius 3 is 2.56 bits per heavy atom. The maximum absolute atomic E-state index is 13.8. The molecule has 0 radical (unpaired) electrons. The minimum atomic E-state index is -4.57. The van der Waals surface area contributed by atoms with E-state index in [2.05, 4.69) is 15.3 Å². The smallest absolute Gasteiger partial charge is 0.383 e. The first kappa shape index (κ1) is 22.1. The molecule has 2 fully saturated rings. The summed E-state index contributed by atoms with van der Waals surface area (Å²) in [4.78, 5) is 24.2. The van der Waals surface area contributed by atoms with Crippen LogP contribution in [0.1, 0.15) is 27.5 Å². The number of rotatable bonds is 3. The fourth-order valence-electron chi connectivity index (χ4n) is 3.99. The first-order chi connectivity index (χ1) is 15.2. The Hall–Kier alpha value is -3.12. The maximum Gasteiger partial charge on any atom is 0.416 e. The number of carbonyl (C=O) groups excluding carboxylic acids is 1. The zero-order valence-corrected chi connectivity index (χ0v) is 17.2. The largest absolute Gasteiger partial charge is 0.416 e. The molecule has 1 aromatic heterocycles. The second kappa shape index (κ2) is 8.79. The van der Waals surface area contributed by atoms with E-state index in [1.165, 1.54) is 18.2 Å². The molecule has 2 aliphatic heterocycles. The number of nitrogens with two attached hydrogens (primary N) is 2. The average Bonchev–Trinajstić information content (AvgIpc) is 2.77. The third kappa shape index (κ3) is 4.70. The number of alkyl halides is 3. The van der Waals surface area contributed by atoms with Crippen molar-refractivity contribution >= 4 is 23.5 Å². The van der Waals surface area contributed by atoms with Crippen LogP contribution in [-0.4, -0.2) is 66.7 Å². The van der Waals surface area contributed by atoms with Crippen LogP contribution in [0.5, 0.6) is 0 Å². The van der Waals surface area contributed by atoms with Crippen molar-refractivity contribution in [3.05, 3.63) is 41.0 Å². The molecular weight excluding hydrogens is 427 g/mol. The highest BCUT2D eigenvalue weighted by molar-refractivity contribution is 5.94. The van der Waals surface area contributed by atoms with Gasteiger partial charge >= 0.3 is 6.18 Å². The van der Waals surface area contributed by atoms with Crippen LogP contribution in [0.4, 0.5) is 30.8 Å². The number of hydrogen-bond donors (Lipinski definition) is 3. The highest BCUT2D eigenvalue weighted by atomic mass is 19.4. The van der Waals surface area contributed by atoms with Crippen LogP contribution in [0.15, 0.2) is 24.3 Å². The van der Waals surface area contributed by atoms with Crippen molar-refractivity contribution in [2.75, 3.05) is 62.3 Å². The zero-order valence-electron chi connectivity index (χ0n) is 17.2. The van der Waals surface area contributed by atoms with E-state index >= 15 is 0 Å². The van der Waals surface area contributed by atoms with Crippen LogP contribution in [0.3, 0.4) is 0 Å². The number of carbonyl (C=O) groups is 1. The quantitative estimate of drug-likeness (QED) is 0.638. The van der Waals surface area contributed by atoms with E-state index in [-0.39, 0.29) is 35.3 Å². The number of nitrogens with one attached hydrogen (secondary N) is 1. The van der Waals surface area contributed by atoms with Gasteiger partial charge in [-0.25, -0.2) is 0 Å². The van der Waals surface area contributed by atoms with E-state index in [0.29, 0.717) is 45.2 Å². The molecular formula is C20H24F3N7O2. The van der Waals surface area contributed by atoms with Crippen molar-refractivity contribution in [2.45, 2.75) is 12.2 Å². The van der Waals surface area contributed by atoms with Gasteiger partial charge < -0.3 is 31.3 Å². The Balaban J connectivity index is 1.66. The predicted octanol–water partition coefficient (Wildman–Crippen LogP) is 1.28. The Labute approximate surface area is 182 Å². The lowest BCUT2D eigenvalue weighted by Crippen LogP contribution is -2.47. The molecule has 5 N–H and O–H groups in total. The molecule has 2 aromatic rings. The third-order valence-electron chi connectivity index (χ3n) is 5.53. The van der Waals surface area contributed by atoms with Crippen molar-refractivity contribution in [1.29, 1.82) is 0 Å². The fourth-order valence-corrected chi connectivity index (χ4v) is 3.99. The minimum absolute atomic E-state index is 0.0100. The second-order valence-corrected chi connectivity index (χ2v) is 7.67. The summed E-state index contributed by atoms with van der Waals surface area (Å²) in [6.07, 6.45) is -4.57. The van der Waals surface area contributed by atoms with Gasteiger partial charge in [-0.2, -0.15) is 23.1 Å². The third-order valence-corrected chi connectivity index (χ3v) is 5.53. The molecule has 4 rings (SSSR count). The van der Waals surface area contributed by atoms with Gasteiger partial charge in [0.25, 0.3) is 5.91 Å². The van der Waals surface area contributed by atoms with Crippen molar-refractivity contribution in [3.63, 3.8) is 0 Å². The predicted molar refractivity (Wildman–Crippen MR) is 112 cm³/mol. The van der Waals surface area contributed by atoms with Gasteiger partial charge in [-0.3, -0.25) is 4.79 Å². The number of piperazine rings is 1. The molecule has 172 valence electrons. The van der Waals surface area contributed by atoms with Crippen LogP contribution in [-0.2, 0) is 10.9 Å². The number of halogens is 3. The van der Waals surface area contributed by atoms with Gasteiger partial charge in [-0.15, -0.1) is 0 Å². The van der Waals surface area contributed by atoms with Gasteiger partial charge in [-0.1, -0.05) is 0 Å². The fraction of sp³-hybridized carbons (Fsp3) is 0.450. The average molecular weight is 451 g/mol. The molecule has 1 amide bonds. The Morgan fingerprint density at radius 2 is 1.88 bits per heavy atom. The molecule has 32 heavy (non-hydrogen) atoms. The van der Waals surface area contributed by atoms with E-state index in [4.69, 9.17) is 16.2 Å². The standard InChI is InChI=1S/C20H24F3N7O2/c21-20(22,23)14-2-1-12(18(31)29-5-7-32-8-6-29)9-13(14)15-11-30(4-3-26-15)17-10-16(24)27-19(25)28-17/h1-2,9-10,15,26H,3-8,11H2,(H4,24,25,27,28)/t15-/m1/s1. The summed E-state index contributed by atoms with van der Waals surface area (Å²) < 4.78 is 46.7. The molecule has 0 aliphatic carbocycles. The molecule has 0 bridgehead atoms. The number of aromatic nitrogens is 2. The number of ether oxygens (including phenoxy) is 1. The minimum Gasteiger partial charge on any atom is -0.383 e. The van der Waals surface area contributed by atoms with E-state index in [0.717, 1.165) is 6.07 Å². The summed E-state index contributed by atoms with van der Waals surface area (Å²) in [5, 5.41) is 3.13. The highest BCUT2D eigenvalue weighted by Crippen LogP contribution is 2.36. The van der Waals surface area contributed by atoms with Gasteiger partial charge in [0.05, 0.1) is 24.8 Å². The lowest BCUT2D eigenvalue weighted by Gasteiger charge is -2.36. The Kier molecular flexibility index (Phi) is 6.07. The van der Waals surface area contributed by atoms with Crippen LogP contribution in [0.25, 0.3) is 0 Å². The van der Waals surface area contributed by atoms with Gasteiger partial charge in [0, 0.05) is 44.4 Å². The number of nitrogens with zero attached hydrogens (tertiary/aromatic N) is 4. The topological polar surface area (TPSA) is 123 Å². The molecule has 2 saturated heterocycles. The highest BCUT2D eigenvalue weighted by Gasteiger charge is 2.37. The molecule has 1 atom stereocenters. The molecule has 0 unspecified atom stereocenters. The normalized spacial score (nSPS) is 19.8. The lowest BCUT2D eigenvalue weighted by molar-refractivity contribution is -0.138. The van der Waals surface area contributed by atoms with Gasteiger partial charge in [0.2, 0.25) is 5.95 Å². The number of amides is 1. The lowest BCUT2D eigenvalue weighted by atomic mass is 9.95. The number of morpholine rings is 1. The SMILES string of the molecule is Nc1cc(N2CCN[C@@H](c3cc(C(=O)N4CCOCC4)ccc3C(F)(F)F)C2)nc(N)n1. The summed E-state index contributed by atoms with van der Waals surface area (Å²) in [6.45, 7) is 2.72. The van der Waals surface area contributed by atoms with Crippen LogP contribution < -0.4 is 21.7 Å². The summed E-state index contributed by atoms with van der Waals surface area (Å²) in [6, 6.07) is 4.39. The summed E-state index contributed by atoms with van der Waals surface area (Å²) in [7, 11) is 0. The molecule has 1 aromatic carbocycles. The zero-order chi connectivity index (χ0) is 22.9. The summed E-state index contributed by atoms with van der Waals surface area (Å²) >= 11 is 0. The molecule has 2 aliphatic rings. The van der Waals surface area contributed by atoms with Crippen molar-refractivity contribution in [1.82, 2.24) is 20.2 Å². The first-order valence-electron chi connectivity index (χ1n) is 10.2. The van der Waals surface area contributed by atoms with Crippen molar-refractivity contribution in [2.24, 2.45) is 0 Å². The Morgan fingerprint density at radius 1 is 1.12 bits per heavy atom. The molecule has 12 heteroatoms. The summed E-state index contributed by atoms with van der Waals surface area (Å²) in [5.41, 5.74) is 10.9. The van der Waals surface area contributed by atoms with Gasteiger partial charge in [-0.05, 0) is 23.8 Å². The Bertz CT molecular complexity index is 975. The van der Waals surface area contributed by atoms with Crippen molar-refractivity contribution < 1.29 is 22.7 Å². The number of hydrogen-bond acceptors (Lipinski definition) is 8. The van der Waals surface area contributed by atoms with E-state index in [9.17, 15) is 18.0 Å². The van der Waals surface area contributed by atoms with Crippen LogP contribution in [0.2, 0.25) is 0 Å². The molecule has 3 heterocycles. The first-order valence-corrected chi connectivity index (χ1v) is 10.2. The number of nitrogen functional groups attached to an aromatic ring is 2. The van der Waals surface area contributed by atoms with E-state index < -0.39 is 17.8 Å². The molecule has 0 spiro atoms. The second-order valence-electron chi connectivity index (χ2n) is 7.67. The number of anilines is 3. The van der Waals surface area contributed by atoms with Crippen molar-refractivity contribution in [3.8, 4) is 0 Å². The van der Waals surface area contributed by atoms with Crippen LogP contribution in [0, 0.1) is 0 Å². The van der Waals surface area contributed by atoms with Gasteiger partial charge in [0.1, 0.15) is 11.6 Å². The van der Waals surface area contributed by atoms with Crippen LogP contribution >= 0.6 is 0 Å². The van der Waals surface area contributed by atoms with E-state index in [1.54, 1.807) is 9.80 Å². The number of benzene rings is 1. The monoisotopic (exact) mass is 451 g/mol. The maximum atomic E-state index is 13.8. The van der Waals surface area contributed by atoms with E-state index in [1.807, 2.05) is 0 Å². The summed E-state index contributed by atoms with van der Waals surface area (Å²) in [5.74, 6) is 0.295. The molecule has 9 nitrogen and oxygen atoms in total.